The molecule has 1 fully saturated rings. The van der Waals surface area contributed by atoms with Gasteiger partial charge in [0.2, 0.25) is 5.91 Å². The fourth-order valence-corrected chi connectivity index (χ4v) is 3.74. The van der Waals surface area contributed by atoms with Crippen LogP contribution in [0.3, 0.4) is 0 Å². The van der Waals surface area contributed by atoms with Crippen LogP contribution in [0.2, 0.25) is 0 Å². The molecule has 1 aliphatic rings. The van der Waals surface area contributed by atoms with Crippen molar-refractivity contribution in [1.29, 1.82) is 0 Å². The van der Waals surface area contributed by atoms with Gasteiger partial charge in [0.1, 0.15) is 11.5 Å². The minimum Gasteiger partial charge on any atom is -0.497 e. The summed E-state index contributed by atoms with van der Waals surface area (Å²) in [5.74, 6) is 0.757. The normalized spacial score (nSPS) is 13.7. The van der Waals surface area contributed by atoms with E-state index in [2.05, 4.69) is 10.6 Å². The van der Waals surface area contributed by atoms with Crippen LogP contribution >= 0.6 is 0 Å². The number of hydrogen-bond donors (Lipinski definition) is 2. The number of nitrogens with zero attached hydrogens (tertiary/aromatic N) is 2. The number of anilines is 1. The summed E-state index contributed by atoms with van der Waals surface area (Å²) in [5, 5.41) is 5.63. The van der Waals surface area contributed by atoms with Crippen LogP contribution in [0.1, 0.15) is 16.8 Å². The van der Waals surface area contributed by atoms with Gasteiger partial charge in [0.05, 0.1) is 13.7 Å². The standard InChI is InChI=1S/C26H34N4O6/c1-34-16-4-11-27-24(31)18-29-12-14-30(15-13-29)26(33)20-7-9-22(10-8-20)36-19-25(32)28-21-5-3-6-23(17-21)35-2/h3,5-10,17H,4,11-16,18-19H2,1-2H3,(H,27,31)(H,28,32). The van der Waals surface area contributed by atoms with Gasteiger partial charge < -0.3 is 29.7 Å². The minimum atomic E-state index is -0.301. The molecule has 0 aliphatic carbocycles. The monoisotopic (exact) mass is 498 g/mol. The summed E-state index contributed by atoms with van der Waals surface area (Å²) in [7, 11) is 3.20. The molecule has 3 amide bonds. The molecule has 1 saturated heterocycles. The largest absolute Gasteiger partial charge is 0.497 e. The number of amides is 3. The lowest BCUT2D eigenvalue weighted by molar-refractivity contribution is -0.122. The Balaban J connectivity index is 1.39. The highest BCUT2D eigenvalue weighted by atomic mass is 16.5. The van der Waals surface area contributed by atoms with Crippen molar-refractivity contribution >= 4 is 23.4 Å². The molecule has 10 nitrogen and oxygen atoms in total. The van der Waals surface area contributed by atoms with Gasteiger partial charge in [0.15, 0.2) is 6.61 Å². The lowest BCUT2D eigenvalue weighted by Gasteiger charge is -2.34. The first-order chi connectivity index (χ1) is 17.5. The van der Waals surface area contributed by atoms with Gasteiger partial charge in [0, 0.05) is 63.8 Å². The molecule has 1 aliphatic heterocycles. The van der Waals surface area contributed by atoms with E-state index in [1.54, 1.807) is 67.7 Å². The molecule has 0 unspecified atom stereocenters. The van der Waals surface area contributed by atoms with E-state index in [9.17, 15) is 14.4 Å². The number of piperazine rings is 1. The molecule has 2 aromatic carbocycles. The van der Waals surface area contributed by atoms with Gasteiger partial charge >= 0.3 is 0 Å². The SMILES string of the molecule is COCCCNC(=O)CN1CCN(C(=O)c2ccc(OCC(=O)Nc3cccc(OC)c3)cc2)CC1. The van der Waals surface area contributed by atoms with E-state index in [1.165, 1.54) is 0 Å². The van der Waals surface area contributed by atoms with E-state index in [0.717, 1.165) is 6.42 Å². The minimum absolute atomic E-state index is 0.0151. The average Bonchev–Trinajstić information content (AvgIpc) is 2.90. The Labute approximate surface area is 211 Å². The summed E-state index contributed by atoms with van der Waals surface area (Å²) in [5.41, 5.74) is 1.17. The summed E-state index contributed by atoms with van der Waals surface area (Å²) >= 11 is 0. The number of carbonyl (C=O) groups is 3. The van der Waals surface area contributed by atoms with Crippen LogP contribution in [0.15, 0.2) is 48.5 Å². The smallest absolute Gasteiger partial charge is 0.262 e. The Hall–Kier alpha value is -3.63. The number of carbonyl (C=O) groups excluding carboxylic acids is 3. The van der Waals surface area contributed by atoms with Gasteiger partial charge in [-0.2, -0.15) is 0 Å². The Morgan fingerprint density at radius 1 is 0.917 bits per heavy atom. The predicted molar refractivity (Wildman–Crippen MR) is 135 cm³/mol. The summed E-state index contributed by atoms with van der Waals surface area (Å²) in [6.07, 6.45) is 0.783. The van der Waals surface area contributed by atoms with E-state index < -0.39 is 0 Å². The van der Waals surface area contributed by atoms with Gasteiger partial charge in [-0.25, -0.2) is 0 Å². The van der Waals surface area contributed by atoms with Crippen molar-refractivity contribution in [3.05, 3.63) is 54.1 Å². The number of ether oxygens (including phenoxy) is 3. The fourth-order valence-electron chi connectivity index (χ4n) is 3.74. The molecule has 10 heteroatoms. The summed E-state index contributed by atoms with van der Waals surface area (Å²) in [4.78, 5) is 40.9. The molecule has 2 N–H and O–H groups in total. The molecule has 0 bridgehead atoms. The molecule has 0 spiro atoms. The van der Waals surface area contributed by atoms with Crippen LogP contribution in [0, 0.1) is 0 Å². The first-order valence-electron chi connectivity index (χ1n) is 11.9. The molecule has 0 aromatic heterocycles. The van der Waals surface area contributed by atoms with Crippen molar-refractivity contribution in [2.75, 3.05) is 72.0 Å². The number of benzene rings is 2. The zero-order valence-corrected chi connectivity index (χ0v) is 20.8. The van der Waals surface area contributed by atoms with Crippen LogP contribution in [0.25, 0.3) is 0 Å². The summed E-state index contributed by atoms with van der Waals surface area (Å²) < 4.78 is 15.7. The summed E-state index contributed by atoms with van der Waals surface area (Å²) in [6.45, 7) is 3.77. The molecule has 1 heterocycles. The van der Waals surface area contributed by atoms with Crippen molar-refractivity contribution in [1.82, 2.24) is 15.1 Å². The van der Waals surface area contributed by atoms with Gasteiger partial charge in [-0.05, 0) is 42.8 Å². The molecular weight excluding hydrogens is 464 g/mol. The number of nitrogens with one attached hydrogen (secondary N) is 2. The lowest BCUT2D eigenvalue weighted by atomic mass is 10.1. The molecule has 3 rings (SSSR count). The number of rotatable bonds is 12. The van der Waals surface area contributed by atoms with Crippen LogP contribution < -0.4 is 20.1 Å². The second-order valence-corrected chi connectivity index (χ2v) is 8.36. The van der Waals surface area contributed by atoms with Gasteiger partial charge in [-0.3, -0.25) is 19.3 Å². The Kier molecular flexibility index (Phi) is 10.5. The molecule has 0 atom stereocenters. The third-order valence-corrected chi connectivity index (χ3v) is 5.70. The highest BCUT2D eigenvalue weighted by Gasteiger charge is 2.23. The van der Waals surface area contributed by atoms with Crippen molar-refractivity contribution in [2.45, 2.75) is 6.42 Å². The zero-order chi connectivity index (χ0) is 25.8. The van der Waals surface area contributed by atoms with Crippen LogP contribution in [0.5, 0.6) is 11.5 Å². The Morgan fingerprint density at radius 2 is 1.67 bits per heavy atom. The second kappa shape index (κ2) is 14.1. The highest BCUT2D eigenvalue weighted by Crippen LogP contribution is 2.18. The van der Waals surface area contributed by atoms with Crippen molar-refractivity contribution in [3.63, 3.8) is 0 Å². The molecule has 194 valence electrons. The third-order valence-electron chi connectivity index (χ3n) is 5.70. The van der Waals surface area contributed by atoms with E-state index in [0.29, 0.717) is 68.6 Å². The van der Waals surface area contributed by atoms with Crippen LogP contribution in [-0.4, -0.2) is 94.2 Å². The van der Waals surface area contributed by atoms with Crippen LogP contribution in [-0.2, 0) is 14.3 Å². The maximum atomic E-state index is 12.9. The number of hydrogen-bond acceptors (Lipinski definition) is 7. The van der Waals surface area contributed by atoms with Gasteiger partial charge in [-0.15, -0.1) is 0 Å². The first kappa shape index (κ1) is 27.0. The van der Waals surface area contributed by atoms with E-state index >= 15 is 0 Å². The van der Waals surface area contributed by atoms with E-state index in [-0.39, 0.29) is 24.3 Å². The topological polar surface area (TPSA) is 109 Å². The van der Waals surface area contributed by atoms with Crippen molar-refractivity contribution in [2.24, 2.45) is 0 Å². The quantitative estimate of drug-likeness (QED) is 0.428. The molecule has 0 saturated carbocycles. The maximum Gasteiger partial charge on any atom is 0.262 e. The third kappa shape index (κ3) is 8.54. The predicted octanol–water partition coefficient (Wildman–Crippen LogP) is 1.62. The first-order valence-corrected chi connectivity index (χ1v) is 11.9. The number of methoxy groups -OCH3 is 2. The average molecular weight is 499 g/mol. The maximum absolute atomic E-state index is 12.9. The highest BCUT2D eigenvalue weighted by molar-refractivity contribution is 5.94. The second-order valence-electron chi connectivity index (χ2n) is 8.36. The van der Waals surface area contributed by atoms with Crippen molar-refractivity contribution in [3.8, 4) is 11.5 Å². The van der Waals surface area contributed by atoms with Gasteiger partial charge in [0.25, 0.3) is 11.8 Å². The molecule has 0 radical (unpaired) electrons. The Morgan fingerprint density at radius 3 is 2.36 bits per heavy atom. The summed E-state index contributed by atoms with van der Waals surface area (Å²) in [6, 6.07) is 13.8. The van der Waals surface area contributed by atoms with E-state index in [4.69, 9.17) is 14.2 Å². The Bertz CT molecular complexity index is 1010. The fraction of sp³-hybridized carbons (Fsp3) is 0.423. The zero-order valence-electron chi connectivity index (χ0n) is 20.8. The molecular formula is C26H34N4O6. The van der Waals surface area contributed by atoms with Crippen molar-refractivity contribution < 1.29 is 28.6 Å². The van der Waals surface area contributed by atoms with Crippen LogP contribution in [0.4, 0.5) is 5.69 Å². The van der Waals surface area contributed by atoms with Gasteiger partial charge in [-0.1, -0.05) is 6.07 Å². The van der Waals surface area contributed by atoms with E-state index in [1.807, 2.05) is 4.90 Å². The molecule has 2 aromatic rings. The lowest BCUT2D eigenvalue weighted by Crippen LogP contribution is -2.51. The molecule has 36 heavy (non-hydrogen) atoms.